The van der Waals surface area contributed by atoms with E-state index in [2.05, 4.69) is 11.9 Å². The molecule has 0 heterocycles. The van der Waals surface area contributed by atoms with Crippen LogP contribution in [0.5, 0.6) is 0 Å². The van der Waals surface area contributed by atoms with Crippen molar-refractivity contribution in [2.75, 3.05) is 0 Å². The van der Waals surface area contributed by atoms with Gasteiger partial charge in [0.2, 0.25) is 0 Å². The second-order valence-corrected chi connectivity index (χ2v) is 5.34. The fourth-order valence-electron chi connectivity index (χ4n) is 2.21. The van der Waals surface area contributed by atoms with Crippen LogP contribution in [0.2, 0.25) is 0 Å². The molecule has 2 rings (SSSR count). The number of aliphatic imine (C=N–C) groups is 2. The Morgan fingerprint density at radius 1 is 0.818 bits per heavy atom. The minimum absolute atomic E-state index is 0.969. The average Bonchev–Trinajstić information content (AvgIpc) is 2.58. The van der Waals surface area contributed by atoms with E-state index in [9.17, 15) is 0 Å². The van der Waals surface area contributed by atoms with Crippen LogP contribution in [0, 0.1) is 0 Å². The molecule has 2 nitrogen and oxygen atoms in total. The number of nitrogens with zero attached hydrogens (tertiary/aromatic N) is 2. The van der Waals surface area contributed by atoms with Gasteiger partial charge in [0, 0.05) is 6.21 Å². The van der Waals surface area contributed by atoms with E-state index < -0.39 is 0 Å². The van der Waals surface area contributed by atoms with E-state index in [1.54, 1.807) is 0 Å². The summed E-state index contributed by atoms with van der Waals surface area (Å²) in [5.74, 6) is 0. The van der Waals surface area contributed by atoms with Gasteiger partial charge in [0.1, 0.15) is 0 Å². The lowest BCUT2D eigenvalue weighted by molar-refractivity contribution is 0.684. The highest BCUT2D eigenvalue weighted by Crippen LogP contribution is 2.14. The summed E-state index contributed by atoms with van der Waals surface area (Å²) in [6.45, 7) is 2.23. The fourth-order valence-corrected chi connectivity index (χ4v) is 2.21. The summed E-state index contributed by atoms with van der Waals surface area (Å²) in [5.41, 5.74) is 3.01. The molecule has 22 heavy (non-hydrogen) atoms. The van der Waals surface area contributed by atoms with Crippen LogP contribution in [-0.4, -0.2) is 11.9 Å². The SMILES string of the molecule is CCCCCCC(C=Nc1ccccc1)=Nc1ccccc1. The highest BCUT2D eigenvalue weighted by atomic mass is 14.8. The zero-order valence-corrected chi connectivity index (χ0v) is 13.3. The van der Waals surface area contributed by atoms with Crippen LogP contribution in [0.15, 0.2) is 70.6 Å². The van der Waals surface area contributed by atoms with E-state index in [0.29, 0.717) is 0 Å². The van der Waals surface area contributed by atoms with Gasteiger partial charge in [-0.15, -0.1) is 0 Å². The summed E-state index contributed by atoms with van der Waals surface area (Å²) >= 11 is 0. The highest BCUT2D eigenvalue weighted by Gasteiger charge is 1.98. The molecule has 0 saturated carbocycles. The predicted octanol–water partition coefficient (Wildman–Crippen LogP) is 6.13. The molecule has 0 amide bonds. The van der Waals surface area contributed by atoms with Crippen molar-refractivity contribution in [3.63, 3.8) is 0 Å². The van der Waals surface area contributed by atoms with Crippen molar-refractivity contribution < 1.29 is 0 Å². The lowest BCUT2D eigenvalue weighted by atomic mass is 10.1. The summed E-state index contributed by atoms with van der Waals surface area (Å²) in [7, 11) is 0. The van der Waals surface area contributed by atoms with Crippen LogP contribution in [0.4, 0.5) is 11.4 Å². The van der Waals surface area contributed by atoms with Gasteiger partial charge in [0.05, 0.1) is 17.1 Å². The Morgan fingerprint density at radius 3 is 2.09 bits per heavy atom. The smallest absolute Gasteiger partial charge is 0.0633 e. The minimum Gasteiger partial charge on any atom is -0.255 e. The topological polar surface area (TPSA) is 24.7 Å². The van der Waals surface area contributed by atoms with Crippen LogP contribution in [0.1, 0.15) is 39.0 Å². The van der Waals surface area contributed by atoms with Gasteiger partial charge in [-0.1, -0.05) is 62.6 Å². The summed E-state index contributed by atoms with van der Waals surface area (Å²) in [4.78, 5) is 9.28. The Bertz CT molecular complexity index is 586. The van der Waals surface area contributed by atoms with E-state index in [4.69, 9.17) is 4.99 Å². The van der Waals surface area contributed by atoms with Gasteiger partial charge in [0.25, 0.3) is 0 Å². The number of hydrogen-bond acceptors (Lipinski definition) is 2. The first-order valence-corrected chi connectivity index (χ1v) is 8.10. The molecule has 0 bridgehead atoms. The highest BCUT2D eigenvalue weighted by molar-refractivity contribution is 6.31. The molecule has 0 aliphatic rings. The van der Waals surface area contributed by atoms with Crippen molar-refractivity contribution in [2.24, 2.45) is 9.98 Å². The maximum Gasteiger partial charge on any atom is 0.0633 e. The first-order chi connectivity index (χ1) is 10.9. The van der Waals surface area contributed by atoms with Gasteiger partial charge in [-0.3, -0.25) is 9.98 Å². The third kappa shape index (κ3) is 6.04. The molecular formula is C20H24N2. The maximum absolute atomic E-state index is 4.74. The Kier molecular flexibility index (Phi) is 7.10. The van der Waals surface area contributed by atoms with E-state index in [1.807, 2.05) is 66.9 Å². The van der Waals surface area contributed by atoms with Gasteiger partial charge >= 0.3 is 0 Å². The summed E-state index contributed by atoms with van der Waals surface area (Å²) in [6, 6.07) is 20.1. The van der Waals surface area contributed by atoms with E-state index >= 15 is 0 Å². The molecule has 2 aromatic carbocycles. The van der Waals surface area contributed by atoms with Crippen molar-refractivity contribution in [1.82, 2.24) is 0 Å². The molecule has 0 radical (unpaired) electrons. The molecule has 0 N–H and O–H groups in total. The zero-order chi connectivity index (χ0) is 15.5. The second kappa shape index (κ2) is 9.67. The minimum atomic E-state index is 0.969. The van der Waals surface area contributed by atoms with Crippen molar-refractivity contribution in [3.8, 4) is 0 Å². The van der Waals surface area contributed by atoms with Gasteiger partial charge in [0.15, 0.2) is 0 Å². The Labute approximate surface area is 133 Å². The molecule has 2 heteroatoms. The van der Waals surface area contributed by atoms with E-state index in [1.165, 1.54) is 25.7 Å². The quantitative estimate of drug-likeness (QED) is 0.413. The van der Waals surface area contributed by atoms with Gasteiger partial charge in [-0.05, 0) is 37.1 Å². The van der Waals surface area contributed by atoms with Crippen molar-refractivity contribution in [1.29, 1.82) is 0 Å². The van der Waals surface area contributed by atoms with Crippen molar-refractivity contribution >= 4 is 23.3 Å². The van der Waals surface area contributed by atoms with Crippen molar-refractivity contribution in [3.05, 3.63) is 60.7 Å². The maximum atomic E-state index is 4.74. The Hall–Kier alpha value is -2.22. The standard InChI is InChI=1S/C20H24N2/c1-2-3-4-7-16-20(22-19-14-10-6-11-15-19)17-21-18-12-8-5-9-13-18/h5-6,8-15,17H,2-4,7,16H2,1H3. The molecule has 0 unspecified atom stereocenters. The van der Waals surface area contributed by atoms with E-state index in [-0.39, 0.29) is 0 Å². The molecule has 0 saturated heterocycles. The second-order valence-electron chi connectivity index (χ2n) is 5.34. The normalized spacial score (nSPS) is 12.0. The first-order valence-electron chi connectivity index (χ1n) is 8.10. The van der Waals surface area contributed by atoms with Crippen LogP contribution in [-0.2, 0) is 0 Å². The monoisotopic (exact) mass is 292 g/mol. The van der Waals surface area contributed by atoms with Crippen molar-refractivity contribution in [2.45, 2.75) is 39.0 Å². The van der Waals surface area contributed by atoms with Crippen LogP contribution in [0.3, 0.4) is 0 Å². The molecule has 0 aliphatic heterocycles. The Morgan fingerprint density at radius 2 is 1.45 bits per heavy atom. The largest absolute Gasteiger partial charge is 0.255 e. The third-order valence-corrected chi connectivity index (χ3v) is 3.43. The van der Waals surface area contributed by atoms with Gasteiger partial charge in [-0.2, -0.15) is 0 Å². The van der Waals surface area contributed by atoms with Gasteiger partial charge < -0.3 is 0 Å². The predicted molar refractivity (Wildman–Crippen MR) is 96.9 cm³/mol. The summed E-state index contributed by atoms with van der Waals surface area (Å²) in [6.07, 6.45) is 7.85. The lowest BCUT2D eigenvalue weighted by Crippen LogP contribution is -1.99. The van der Waals surface area contributed by atoms with Crippen LogP contribution < -0.4 is 0 Å². The Balaban J connectivity index is 2.07. The third-order valence-electron chi connectivity index (χ3n) is 3.43. The lowest BCUT2D eigenvalue weighted by Gasteiger charge is -2.02. The zero-order valence-electron chi connectivity index (χ0n) is 13.3. The van der Waals surface area contributed by atoms with E-state index in [0.717, 1.165) is 23.5 Å². The number of para-hydroxylation sites is 2. The number of unbranched alkanes of at least 4 members (excludes halogenated alkanes) is 3. The van der Waals surface area contributed by atoms with Crippen LogP contribution >= 0.6 is 0 Å². The average molecular weight is 292 g/mol. The molecular weight excluding hydrogens is 268 g/mol. The number of benzene rings is 2. The molecule has 0 aliphatic carbocycles. The van der Waals surface area contributed by atoms with Crippen LogP contribution in [0.25, 0.3) is 0 Å². The molecule has 0 fully saturated rings. The molecule has 0 spiro atoms. The number of hydrogen-bond donors (Lipinski definition) is 0. The summed E-state index contributed by atoms with van der Waals surface area (Å²) < 4.78 is 0. The number of rotatable bonds is 8. The van der Waals surface area contributed by atoms with Gasteiger partial charge in [-0.25, -0.2) is 0 Å². The molecule has 0 atom stereocenters. The molecule has 114 valence electrons. The molecule has 0 aromatic heterocycles. The molecule has 2 aromatic rings. The first kappa shape index (κ1) is 16.2. The fraction of sp³-hybridized carbons (Fsp3) is 0.300. The summed E-state index contributed by atoms with van der Waals surface area (Å²) in [5, 5.41) is 0.